The fraction of sp³-hybridized carbons (Fsp3) is 0.500. The molecule has 0 aliphatic rings. The average molecular weight is 227 g/mol. The first-order chi connectivity index (χ1) is 7.77. The van der Waals surface area contributed by atoms with Gasteiger partial charge >= 0.3 is 0 Å². The molecule has 4 heteroatoms. The number of aliphatic hydroxyl groups is 1. The van der Waals surface area contributed by atoms with Gasteiger partial charge in [-0.15, -0.1) is 0 Å². The lowest BCUT2D eigenvalue weighted by Crippen LogP contribution is -2.35. The van der Waals surface area contributed by atoms with Gasteiger partial charge in [0.1, 0.15) is 6.61 Å². The molecule has 1 atom stereocenters. The highest BCUT2D eigenvalue weighted by Gasteiger charge is 2.09. The summed E-state index contributed by atoms with van der Waals surface area (Å²) in [7, 11) is 0. The molecule has 1 rings (SSSR count). The normalized spacial score (nSPS) is 12.4. The predicted octanol–water partition coefficient (Wildman–Crippen LogP) is 1.56. The number of rotatable bonds is 7. The summed E-state index contributed by atoms with van der Waals surface area (Å²) in [5.41, 5.74) is 0. The fourth-order valence-corrected chi connectivity index (χ4v) is 1.44. The second kappa shape index (κ2) is 7.19. The van der Waals surface area contributed by atoms with E-state index in [4.69, 9.17) is 9.84 Å². The SMILES string of the molecule is CCNC(CCO)COc1ccccc1F. The Kier molecular flexibility index (Phi) is 5.82. The summed E-state index contributed by atoms with van der Waals surface area (Å²) < 4.78 is 18.6. The predicted molar refractivity (Wildman–Crippen MR) is 61.1 cm³/mol. The van der Waals surface area contributed by atoms with Gasteiger partial charge in [-0.1, -0.05) is 19.1 Å². The van der Waals surface area contributed by atoms with Gasteiger partial charge in [-0.3, -0.25) is 0 Å². The molecule has 16 heavy (non-hydrogen) atoms. The van der Waals surface area contributed by atoms with E-state index in [0.717, 1.165) is 6.54 Å². The van der Waals surface area contributed by atoms with Crippen molar-refractivity contribution < 1.29 is 14.2 Å². The van der Waals surface area contributed by atoms with Gasteiger partial charge in [0.25, 0.3) is 0 Å². The maximum absolute atomic E-state index is 13.2. The minimum atomic E-state index is -0.359. The maximum Gasteiger partial charge on any atom is 0.165 e. The Morgan fingerprint density at radius 3 is 2.81 bits per heavy atom. The molecule has 0 saturated carbocycles. The monoisotopic (exact) mass is 227 g/mol. The summed E-state index contributed by atoms with van der Waals surface area (Å²) >= 11 is 0. The zero-order valence-electron chi connectivity index (χ0n) is 9.45. The summed E-state index contributed by atoms with van der Waals surface area (Å²) in [6.07, 6.45) is 0.599. The number of halogens is 1. The molecule has 0 saturated heterocycles. The molecular weight excluding hydrogens is 209 g/mol. The Balaban J connectivity index is 2.45. The van der Waals surface area contributed by atoms with Crippen molar-refractivity contribution in [2.24, 2.45) is 0 Å². The molecule has 0 bridgehead atoms. The maximum atomic E-state index is 13.2. The van der Waals surface area contributed by atoms with Crippen molar-refractivity contribution in [1.82, 2.24) is 5.32 Å². The molecule has 2 N–H and O–H groups in total. The van der Waals surface area contributed by atoms with Crippen LogP contribution in [0.3, 0.4) is 0 Å². The first kappa shape index (κ1) is 12.9. The molecule has 0 aliphatic heterocycles. The van der Waals surface area contributed by atoms with Crippen LogP contribution in [0.4, 0.5) is 4.39 Å². The van der Waals surface area contributed by atoms with E-state index in [9.17, 15) is 4.39 Å². The smallest absolute Gasteiger partial charge is 0.165 e. The second-order valence-electron chi connectivity index (χ2n) is 3.51. The Labute approximate surface area is 95.2 Å². The van der Waals surface area contributed by atoms with Gasteiger partial charge < -0.3 is 15.2 Å². The van der Waals surface area contributed by atoms with E-state index < -0.39 is 0 Å². The van der Waals surface area contributed by atoms with Crippen LogP contribution in [0.15, 0.2) is 24.3 Å². The van der Waals surface area contributed by atoms with E-state index >= 15 is 0 Å². The molecule has 1 unspecified atom stereocenters. The zero-order valence-corrected chi connectivity index (χ0v) is 9.45. The lowest BCUT2D eigenvalue weighted by molar-refractivity contribution is 0.210. The van der Waals surface area contributed by atoms with Crippen LogP contribution in [-0.4, -0.2) is 30.9 Å². The van der Waals surface area contributed by atoms with E-state index in [1.165, 1.54) is 6.07 Å². The standard InChI is InChI=1S/C12H18FNO2/c1-2-14-10(7-8-15)9-16-12-6-4-3-5-11(12)13/h3-6,10,14-15H,2,7-9H2,1H3. The van der Waals surface area contributed by atoms with Gasteiger partial charge in [-0.25, -0.2) is 4.39 Å². The van der Waals surface area contributed by atoms with E-state index in [-0.39, 0.29) is 24.2 Å². The van der Waals surface area contributed by atoms with Gasteiger partial charge in [0.2, 0.25) is 0 Å². The Morgan fingerprint density at radius 1 is 1.44 bits per heavy atom. The minimum Gasteiger partial charge on any atom is -0.489 e. The highest BCUT2D eigenvalue weighted by Crippen LogP contribution is 2.15. The first-order valence-corrected chi connectivity index (χ1v) is 5.49. The summed E-state index contributed by atoms with van der Waals surface area (Å²) in [6, 6.07) is 6.36. The van der Waals surface area contributed by atoms with Gasteiger partial charge in [0, 0.05) is 12.6 Å². The third-order valence-corrected chi connectivity index (χ3v) is 2.25. The van der Waals surface area contributed by atoms with Crippen molar-refractivity contribution in [2.45, 2.75) is 19.4 Å². The topological polar surface area (TPSA) is 41.5 Å². The van der Waals surface area contributed by atoms with E-state index in [0.29, 0.717) is 13.0 Å². The molecule has 0 amide bonds. The van der Waals surface area contributed by atoms with Crippen molar-refractivity contribution in [1.29, 1.82) is 0 Å². The molecule has 90 valence electrons. The number of benzene rings is 1. The summed E-state index contributed by atoms with van der Waals surface area (Å²) in [4.78, 5) is 0. The Bertz CT molecular complexity index is 301. The fourth-order valence-electron chi connectivity index (χ4n) is 1.44. The van der Waals surface area contributed by atoms with Crippen LogP contribution in [-0.2, 0) is 0 Å². The van der Waals surface area contributed by atoms with Crippen LogP contribution < -0.4 is 10.1 Å². The van der Waals surface area contributed by atoms with Gasteiger partial charge in [0.15, 0.2) is 11.6 Å². The van der Waals surface area contributed by atoms with Crippen molar-refractivity contribution >= 4 is 0 Å². The van der Waals surface area contributed by atoms with Gasteiger partial charge in [0.05, 0.1) is 0 Å². The van der Waals surface area contributed by atoms with Crippen LogP contribution in [0.1, 0.15) is 13.3 Å². The molecular formula is C12H18FNO2. The lowest BCUT2D eigenvalue weighted by Gasteiger charge is -2.17. The highest BCUT2D eigenvalue weighted by molar-refractivity contribution is 5.23. The number of aliphatic hydroxyl groups excluding tert-OH is 1. The van der Waals surface area contributed by atoms with Crippen LogP contribution in [0.5, 0.6) is 5.75 Å². The average Bonchev–Trinajstić information content (AvgIpc) is 2.28. The second-order valence-corrected chi connectivity index (χ2v) is 3.51. The molecule has 1 aromatic rings. The van der Waals surface area contributed by atoms with Crippen molar-refractivity contribution in [3.05, 3.63) is 30.1 Å². The van der Waals surface area contributed by atoms with Crippen LogP contribution in [0, 0.1) is 5.82 Å². The third kappa shape index (κ3) is 4.16. The molecule has 0 radical (unpaired) electrons. The number of ether oxygens (including phenoxy) is 1. The number of para-hydroxylation sites is 1. The first-order valence-electron chi connectivity index (χ1n) is 5.49. The van der Waals surface area contributed by atoms with Crippen LogP contribution in [0.25, 0.3) is 0 Å². The molecule has 1 aromatic carbocycles. The van der Waals surface area contributed by atoms with E-state index in [1.807, 2.05) is 6.92 Å². The molecule has 0 aliphatic carbocycles. The van der Waals surface area contributed by atoms with Crippen molar-refractivity contribution in [3.63, 3.8) is 0 Å². The highest BCUT2D eigenvalue weighted by atomic mass is 19.1. The molecule has 0 heterocycles. The summed E-state index contributed by atoms with van der Waals surface area (Å²) in [6.45, 7) is 3.23. The van der Waals surface area contributed by atoms with Gasteiger partial charge in [-0.05, 0) is 25.1 Å². The molecule has 0 fully saturated rings. The van der Waals surface area contributed by atoms with Gasteiger partial charge in [-0.2, -0.15) is 0 Å². The lowest BCUT2D eigenvalue weighted by atomic mass is 10.2. The Hall–Kier alpha value is -1.13. The number of nitrogens with one attached hydrogen (secondary N) is 1. The molecule has 0 aromatic heterocycles. The Morgan fingerprint density at radius 2 is 2.19 bits per heavy atom. The third-order valence-electron chi connectivity index (χ3n) is 2.25. The molecule has 3 nitrogen and oxygen atoms in total. The van der Waals surface area contributed by atoms with Crippen molar-refractivity contribution in [2.75, 3.05) is 19.8 Å². The van der Waals surface area contributed by atoms with E-state index in [1.54, 1.807) is 18.2 Å². The zero-order chi connectivity index (χ0) is 11.8. The minimum absolute atomic E-state index is 0.0506. The molecule has 0 spiro atoms. The number of hydrogen-bond acceptors (Lipinski definition) is 3. The quantitative estimate of drug-likeness (QED) is 0.743. The van der Waals surface area contributed by atoms with Crippen LogP contribution >= 0.6 is 0 Å². The summed E-state index contributed by atoms with van der Waals surface area (Å²) in [5.74, 6) is -0.106. The van der Waals surface area contributed by atoms with Crippen molar-refractivity contribution in [3.8, 4) is 5.75 Å². The summed E-state index contributed by atoms with van der Waals surface area (Å²) in [5, 5.41) is 12.0. The largest absolute Gasteiger partial charge is 0.489 e. The number of hydrogen-bond donors (Lipinski definition) is 2. The van der Waals surface area contributed by atoms with Crippen LogP contribution in [0.2, 0.25) is 0 Å². The number of likely N-dealkylation sites (N-methyl/N-ethyl adjacent to an activating group) is 1. The van der Waals surface area contributed by atoms with E-state index in [2.05, 4.69) is 5.32 Å².